The Morgan fingerprint density at radius 1 is 1.57 bits per heavy atom. The molecule has 0 aromatic carbocycles. The Kier molecular flexibility index (Phi) is 3.35. The predicted octanol–water partition coefficient (Wildman–Crippen LogP) is 0.191. The number of rotatable bonds is 2. The number of hydroxylamine groups is 1. The summed E-state index contributed by atoms with van der Waals surface area (Å²) in [5.41, 5.74) is 9.71. The Balaban J connectivity index is 2.87. The number of aromatic nitrogens is 2. The second-order valence-corrected chi connectivity index (χ2v) is 2.74. The number of guanidine groups is 1. The number of aliphatic imine (C=N–C) groups is 1. The van der Waals surface area contributed by atoms with Crippen molar-refractivity contribution in [1.29, 1.82) is 0 Å². The van der Waals surface area contributed by atoms with Crippen molar-refractivity contribution in [3.05, 3.63) is 17.5 Å². The molecule has 76 valence electrons. The summed E-state index contributed by atoms with van der Waals surface area (Å²) in [5.74, 6) is 0.436. The Hall–Kier alpha value is -1.69. The summed E-state index contributed by atoms with van der Waals surface area (Å²) in [5, 5.41) is 0. The van der Waals surface area contributed by atoms with Crippen LogP contribution in [0.4, 0.5) is 5.95 Å². The zero-order valence-electron chi connectivity index (χ0n) is 8.40. The molecule has 0 spiro atoms. The minimum Gasteiger partial charge on any atom is -0.368 e. The second-order valence-electron chi connectivity index (χ2n) is 2.74. The van der Waals surface area contributed by atoms with Crippen molar-refractivity contribution in [2.75, 3.05) is 7.11 Å². The van der Waals surface area contributed by atoms with E-state index in [0.29, 0.717) is 5.95 Å². The maximum atomic E-state index is 5.44. The first kappa shape index (κ1) is 10.4. The van der Waals surface area contributed by atoms with Crippen molar-refractivity contribution in [3.63, 3.8) is 0 Å². The van der Waals surface area contributed by atoms with Crippen molar-refractivity contribution in [2.45, 2.75) is 13.8 Å². The number of nitrogens with zero attached hydrogens (tertiary/aromatic N) is 3. The highest BCUT2D eigenvalue weighted by atomic mass is 16.6. The molecule has 0 amide bonds. The van der Waals surface area contributed by atoms with Crippen LogP contribution in [0.25, 0.3) is 0 Å². The van der Waals surface area contributed by atoms with Gasteiger partial charge in [0.25, 0.3) is 5.95 Å². The second kappa shape index (κ2) is 4.52. The molecular formula is C8H13N5O. The van der Waals surface area contributed by atoms with Gasteiger partial charge in [-0.25, -0.2) is 15.4 Å². The predicted molar refractivity (Wildman–Crippen MR) is 52.9 cm³/mol. The van der Waals surface area contributed by atoms with Crippen LogP contribution in [0.2, 0.25) is 0 Å². The molecule has 1 rings (SSSR count). The molecule has 0 unspecified atom stereocenters. The van der Waals surface area contributed by atoms with Crippen LogP contribution in [-0.2, 0) is 4.84 Å². The molecule has 0 bridgehead atoms. The van der Waals surface area contributed by atoms with Gasteiger partial charge in [-0.3, -0.25) is 4.84 Å². The summed E-state index contributed by atoms with van der Waals surface area (Å²) >= 11 is 0. The summed E-state index contributed by atoms with van der Waals surface area (Å²) in [7, 11) is 1.45. The van der Waals surface area contributed by atoms with E-state index in [0.717, 1.165) is 11.3 Å². The molecule has 0 radical (unpaired) electrons. The van der Waals surface area contributed by atoms with Crippen molar-refractivity contribution < 1.29 is 4.84 Å². The largest absolute Gasteiger partial charge is 0.368 e. The summed E-state index contributed by atoms with van der Waals surface area (Å²) in [6, 6.07) is 0. The molecule has 1 aromatic rings. The van der Waals surface area contributed by atoms with E-state index in [-0.39, 0.29) is 5.96 Å². The maximum absolute atomic E-state index is 5.44. The lowest BCUT2D eigenvalue weighted by atomic mass is 10.3. The van der Waals surface area contributed by atoms with Crippen molar-refractivity contribution in [3.8, 4) is 0 Å². The van der Waals surface area contributed by atoms with E-state index < -0.39 is 0 Å². The van der Waals surface area contributed by atoms with Gasteiger partial charge >= 0.3 is 0 Å². The average molecular weight is 195 g/mol. The van der Waals surface area contributed by atoms with Crippen LogP contribution in [0, 0.1) is 13.8 Å². The molecule has 1 heterocycles. The lowest BCUT2D eigenvalue weighted by Crippen LogP contribution is -2.30. The van der Waals surface area contributed by atoms with Crippen LogP contribution in [0.3, 0.4) is 0 Å². The van der Waals surface area contributed by atoms with Crippen LogP contribution in [0.5, 0.6) is 0 Å². The van der Waals surface area contributed by atoms with Gasteiger partial charge in [-0.05, 0) is 19.4 Å². The standard InChI is InChI=1S/C8H13N5O/c1-5-4-10-8(11-6(5)2)12-7(9)13-14-3/h4H,1-3H3,(H3,9,10,11,12,13). The third-order valence-electron chi connectivity index (χ3n) is 1.64. The van der Waals surface area contributed by atoms with Gasteiger partial charge in [0.05, 0.1) is 7.11 Å². The minimum atomic E-state index is 0.121. The first-order valence-corrected chi connectivity index (χ1v) is 4.07. The maximum Gasteiger partial charge on any atom is 0.252 e. The summed E-state index contributed by atoms with van der Waals surface area (Å²) in [4.78, 5) is 16.6. The van der Waals surface area contributed by atoms with Crippen molar-refractivity contribution in [1.82, 2.24) is 15.4 Å². The molecule has 0 aliphatic rings. The van der Waals surface area contributed by atoms with E-state index in [1.54, 1.807) is 6.20 Å². The summed E-state index contributed by atoms with van der Waals surface area (Å²) < 4.78 is 0. The molecule has 3 N–H and O–H groups in total. The molecule has 6 nitrogen and oxygen atoms in total. The number of nitrogens with two attached hydrogens (primary N) is 1. The third kappa shape index (κ3) is 2.67. The van der Waals surface area contributed by atoms with Crippen LogP contribution < -0.4 is 11.2 Å². The molecule has 0 aliphatic heterocycles. The van der Waals surface area contributed by atoms with Crippen LogP contribution >= 0.6 is 0 Å². The topological polar surface area (TPSA) is 85.4 Å². The van der Waals surface area contributed by atoms with E-state index in [1.807, 2.05) is 13.8 Å². The highest BCUT2D eigenvalue weighted by Crippen LogP contribution is 2.07. The smallest absolute Gasteiger partial charge is 0.252 e. The SMILES string of the molecule is CONC(N)=Nc1ncc(C)c(C)n1. The van der Waals surface area contributed by atoms with Gasteiger partial charge in [0.15, 0.2) is 0 Å². The van der Waals surface area contributed by atoms with Gasteiger partial charge in [0, 0.05) is 11.9 Å². The normalized spacial score (nSPS) is 11.5. The molecule has 0 saturated carbocycles. The molecular weight excluding hydrogens is 182 g/mol. The first-order valence-electron chi connectivity index (χ1n) is 4.07. The fourth-order valence-electron chi connectivity index (χ4n) is 0.804. The van der Waals surface area contributed by atoms with Gasteiger partial charge in [-0.15, -0.1) is 0 Å². The summed E-state index contributed by atoms with van der Waals surface area (Å²) in [6.45, 7) is 3.82. The van der Waals surface area contributed by atoms with Gasteiger partial charge in [0.1, 0.15) is 0 Å². The quantitative estimate of drug-likeness (QED) is 0.399. The molecule has 0 fully saturated rings. The Morgan fingerprint density at radius 3 is 2.86 bits per heavy atom. The molecule has 0 saturated heterocycles. The number of hydrogen-bond donors (Lipinski definition) is 2. The third-order valence-corrected chi connectivity index (χ3v) is 1.64. The lowest BCUT2D eigenvalue weighted by Gasteiger charge is -2.01. The molecule has 0 atom stereocenters. The van der Waals surface area contributed by atoms with Gasteiger partial charge in [-0.2, -0.15) is 4.99 Å². The first-order chi connectivity index (χ1) is 6.63. The van der Waals surface area contributed by atoms with Gasteiger partial charge in [0.2, 0.25) is 5.96 Å². The van der Waals surface area contributed by atoms with E-state index in [2.05, 4.69) is 25.3 Å². The highest BCUT2D eigenvalue weighted by Gasteiger charge is 1.98. The van der Waals surface area contributed by atoms with E-state index in [9.17, 15) is 0 Å². The molecule has 1 aromatic heterocycles. The van der Waals surface area contributed by atoms with Crippen LogP contribution in [-0.4, -0.2) is 23.0 Å². The Bertz CT molecular complexity index is 350. The van der Waals surface area contributed by atoms with Gasteiger partial charge < -0.3 is 5.73 Å². The van der Waals surface area contributed by atoms with Crippen LogP contribution in [0.15, 0.2) is 11.2 Å². The average Bonchev–Trinajstić information content (AvgIpc) is 2.12. The Labute approximate surface area is 82.2 Å². The van der Waals surface area contributed by atoms with Gasteiger partial charge in [-0.1, -0.05) is 0 Å². The van der Waals surface area contributed by atoms with Crippen molar-refractivity contribution in [2.24, 2.45) is 10.7 Å². The highest BCUT2D eigenvalue weighted by molar-refractivity contribution is 5.78. The lowest BCUT2D eigenvalue weighted by molar-refractivity contribution is 0.143. The van der Waals surface area contributed by atoms with Crippen LogP contribution in [0.1, 0.15) is 11.3 Å². The Morgan fingerprint density at radius 2 is 2.29 bits per heavy atom. The monoisotopic (exact) mass is 195 g/mol. The van der Waals surface area contributed by atoms with E-state index in [1.165, 1.54) is 7.11 Å². The number of hydrogen-bond acceptors (Lipinski definition) is 4. The molecule has 6 heteroatoms. The number of aryl methyl sites for hydroxylation is 2. The molecule has 14 heavy (non-hydrogen) atoms. The van der Waals surface area contributed by atoms with Crippen molar-refractivity contribution >= 4 is 11.9 Å². The summed E-state index contributed by atoms with van der Waals surface area (Å²) in [6.07, 6.45) is 1.70. The number of nitrogens with one attached hydrogen (secondary N) is 1. The van der Waals surface area contributed by atoms with E-state index in [4.69, 9.17) is 5.73 Å². The zero-order valence-corrected chi connectivity index (χ0v) is 8.40. The fraction of sp³-hybridized carbons (Fsp3) is 0.375. The van der Waals surface area contributed by atoms with E-state index >= 15 is 0 Å². The fourth-order valence-corrected chi connectivity index (χ4v) is 0.804. The zero-order chi connectivity index (χ0) is 10.6. The molecule has 0 aliphatic carbocycles. The minimum absolute atomic E-state index is 0.121.